The van der Waals surface area contributed by atoms with Crippen molar-refractivity contribution in [3.63, 3.8) is 0 Å². The number of carbonyl (C=O) groups is 1. The van der Waals surface area contributed by atoms with Crippen LogP contribution in [-0.4, -0.2) is 41.7 Å². The van der Waals surface area contributed by atoms with Crippen molar-refractivity contribution in [3.05, 3.63) is 29.3 Å². The minimum Gasteiger partial charge on any atom is -0.492 e. The predicted molar refractivity (Wildman–Crippen MR) is 82.9 cm³/mol. The molecule has 0 spiro atoms. The molecule has 1 aromatic carbocycles. The van der Waals surface area contributed by atoms with Gasteiger partial charge in [-0.25, -0.2) is 0 Å². The molecule has 4 heteroatoms. The highest BCUT2D eigenvalue weighted by atomic mass is 16.5. The average molecular weight is 291 g/mol. The first-order chi connectivity index (χ1) is 10.1. The van der Waals surface area contributed by atoms with E-state index in [4.69, 9.17) is 9.84 Å². The van der Waals surface area contributed by atoms with E-state index in [1.807, 2.05) is 6.92 Å². The molecule has 0 bridgehead atoms. The largest absolute Gasteiger partial charge is 0.492 e. The number of hydrogen-bond donors (Lipinski definition) is 1. The van der Waals surface area contributed by atoms with Gasteiger partial charge >= 0.3 is 5.97 Å². The fourth-order valence-electron chi connectivity index (χ4n) is 2.92. The molecule has 1 atom stereocenters. The van der Waals surface area contributed by atoms with Gasteiger partial charge in [-0.3, -0.25) is 9.69 Å². The van der Waals surface area contributed by atoms with Crippen molar-refractivity contribution < 1.29 is 14.6 Å². The van der Waals surface area contributed by atoms with Gasteiger partial charge in [0.25, 0.3) is 0 Å². The van der Waals surface area contributed by atoms with Crippen molar-refractivity contribution in [2.24, 2.45) is 0 Å². The first-order valence-corrected chi connectivity index (χ1v) is 7.72. The molecule has 1 aliphatic rings. The van der Waals surface area contributed by atoms with E-state index in [0.29, 0.717) is 6.61 Å². The third-order valence-electron chi connectivity index (χ3n) is 4.14. The lowest BCUT2D eigenvalue weighted by molar-refractivity contribution is -0.138. The van der Waals surface area contributed by atoms with Crippen molar-refractivity contribution in [2.45, 2.75) is 45.6 Å². The Balaban J connectivity index is 1.86. The second-order valence-corrected chi connectivity index (χ2v) is 5.90. The van der Waals surface area contributed by atoms with Crippen molar-refractivity contribution in [2.75, 3.05) is 19.7 Å². The Kier molecular flexibility index (Phi) is 5.62. The van der Waals surface area contributed by atoms with Crippen molar-refractivity contribution >= 4 is 5.97 Å². The fourth-order valence-corrected chi connectivity index (χ4v) is 2.92. The summed E-state index contributed by atoms with van der Waals surface area (Å²) in [5.74, 6) is 0.226. The number of piperidine rings is 1. The first kappa shape index (κ1) is 15.8. The number of rotatable bonds is 6. The van der Waals surface area contributed by atoms with Crippen molar-refractivity contribution in [1.82, 2.24) is 4.90 Å². The Morgan fingerprint density at radius 2 is 2.19 bits per heavy atom. The smallest absolute Gasteiger partial charge is 0.304 e. The molecule has 116 valence electrons. The van der Waals surface area contributed by atoms with Crippen molar-refractivity contribution in [3.8, 4) is 5.75 Å². The lowest BCUT2D eigenvalue weighted by atomic mass is 9.99. The molecule has 4 nitrogen and oxygen atoms in total. The molecular weight excluding hydrogens is 266 g/mol. The van der Waals surface area contributed by atoms with Gasteiger partial charge in [0.15, 0.2) is 0 Å². The zero-order valence-corrected chi connectivity index (χ0v) is 13.0. The molecule has 1 unspecified atom stereocenters. The van der Waals surface area contributed by atoms with Crippen LogP contribution in [0.25, 0.3) is 0 Å². The molecule has 1 fully saturated rings. The van der Waals surface area contributed by atoms with Gasteiger partial charge in [0.1, 0.15) is 12.4 Å². The number of ether oxygens (including phenoxy) is 1. The monoisotopic (exact) mass is 291 g/mol. The molecule has 1 aliphatic heterocycles. The summed E-state index contributed by atoms with van der Waals surface area (Å²) >= 11 is 0. The zero-order valence-electron chi connectivity index (χ0n) is 13.0. The maximum atomic E-state index is 10.9. The minimum absolute atomic E-state index is 0.165. The van der Waals surface area contributed by atoms with Gasteiger partial charge in [-0.05, 0) is 50.4 Å². The van der Waals surface area contributed by atoms with Crippen LogP contribution in [0, 0.1) is 13.8 Å². The molecule has 0 aromatic heterocycles. The lowest BCUT2D eigenvalue weighted by Crippen LogP contribution is -2.42. The van der Waals surface area contributed by atoms with Gasteiger partial charge in [0.2, 0.25) is 0 Å². The number of aryl methyl sites for hydroxylation is 2. The van der Waals surface area contributed by atoms with Crippen LogP contribution in [-0.2, 0) is 4.79 Å². The predicted octanol–water partition coefficient (Wildman–Crippen LogP) is 3.01. The standard InChI is InChI=1S/C17H25NO3/c1-13-6-7-14(2)16(11-13)21-10-9-18-8-4-3-5-15(18)12-17(19)20/h6-7,11,15H,3-5,8-10,12H2,1-2H3,(H,19,20). The first-order valence-electron chi connectivity index (χ1n) is 7.72. The van der Waals surface area contributed by atoms with Gasteiger partial charge in [-0.2, -0.15) is 0 Å². The summed E-state index contributed by atoms with van der Waals surface area (Å²) in [6.07, 6.45) is 3.51. The Morgan fingerprint density at radius 1 is 1.38 bits per heavy atom. The van der Waals surface area contributed by atoms with E-state index < -0.39 is 5.97 Å². The number of carboxylic acids is 1. The molecular formula is C17H25NO3. The zero-order chi connectivity index (χ0) is 15.2. The molecule has 0 amide bonds. The van der Waals surface area contributed by atoms with Crippen molar-refractivity contribution in [1.29, 1.82) is 0 Å². The van der Waals surface area contributed by atoms with E-state index in [-0.39, 0.29) is 12.5 Å². The van der Waals surface area contributed by atoms with Gasteiger partial charge in [-0.1, -0.05) is 18.6 Å². The molecule has 0 radical (unpaired) electrons. The van der Waals surface area contributed by atoms with E-state index >= 15 is 0 Å². The quantitative estimate of drug-likeness (QED) is 0.875. The third-order valence-corrected chi connectivity index (χ3v) is 4.14. The number of likely N-dealkylation sites (tertiary alicyclic amines) is 1. The average Bonchev–Trinajstić information content (AvgIpc) is 2.44. The SMILES string of the molecule is Cc1ccc(C)c(OCCN2CCCCC2CC(=O)O)c1. The summed E-state index contributed by atoms with van der Waals surface area (Å²) in [4.78, 5) is 13.2. The molecule has 0 saturated carbocycles. The summed E-state index contributed by atoms with van der Waals surface area (Å²) in [5, 5.41) is 9.00. The van der Waals surface area contributed by atoms with Gasteiger partial charge in [-0.15, -0.1) is 0 Å². The Bertz CT molecular complexity index is 487. The summed E-state index contributed by atoms with van der Waals surface area (Å²) in [7, 11) is 0. The Hall–Kier alpha value is -1.55. The fraction of sp³-hybridized carbons (Fsp3) is 0.588. The van der Waals surface area contributed by atoms with Crippen LogP contribution in [0.1, 0.15) is 36.8 Å². The van der Waals surface area contributed by atoms with Crippen LogP contribution in [0.15, 0.2) is 18.2 Å². The highest BCUT2D eigenvalue weighted by Gasteiger charge is 2.24. The number of benzene rings is 1. The molecule has 21 heavy (non-hydrogen) atoms. The van der Waals surface area contributed by atoms with E-state index in [1.165, 1.54) is 5.56 Å². The number of carboxylic acid groups (broad SMARTS) is 1. The highest BCUT2D eigenvalue weighted by Crippen LogP contribution is 2.21. The van der Waals surface area contributed by atoms with E-state index in [9.17, 15) is 4.79 Å². The molecule has 2 rings (SSSR count). The second kappa shape index (κ2) is 7.46. The Labute approximate surface area is 126 Å². The summed E-state index contributed by atoms with van der Waals surface area (Å²) in [6.45, 7) is 6.49. The highest BCUT2D eigenvalue weighted by molar-refractivity contribution is 5.67. The summed E-state index contributed by atoms with van der Waals surface area (Å²) in [6, 6.07) is 6.37. The summed E-state index contributed by atoms with van der Waals surface area (Å²) < 4.78 is 5.88. The molecule has 1 saturated heterocycles. The van der Waals surface area contributed by atoms with Gasteiger partial charge in [0, 0.05) is 12.6 Å². The topological polar surface area (TPSA) is 49.8 Å². The Morgan fingerprint density at radius 3 is 2.95 bits per heavy atom. The number of nitrogens with zero attached hydrogens (tertiary/aromatic N) is 1. The lowest BCUT2D eigenvalue weighted by Gasteiger charge is -2.34. The number of aliphatic carboxylic acids is 1. The maximum Gasteiger partial charge on any atom is 0.304 e. The van der Waals surface area contributed by atoms with Crippen LogP contribution < -0.4 is 4.74 Å². The summed E-state index contributed by atoms with van der Waals surface area (Å²) in [5.41, 5.74) is 2.33. The molecule has 1 N–H and O–H groups in total. The van der Waals surface area contributed by atoms with E-state index in [1.54, 1.807) is 0 Å². The molecule has 0 aliphatic carbocycles. The second-order valence-electron chi connectivity index (χ2n) is 5.90. The van der Waals surface area contributed by atoms with Crippen LogP contribution >= 0.6 is 0 Å². The van der Waals surface area contributed by atoms with Gasteiger partial charge < -0.3 is 9.84 Å². The van der Waals surface area contributed by atoms with E-state index in [2.05, 4.69) is 30.0 Å². The van der Waals surface area contributed by atoms with Crippen LogP contribution in [0.5, 0.6) is 5.75 Å². The normalized spacial score (nSPS) is 19.4. The molecule has 1 aromatic rings. The maximum absolute atomic E-state index is 10.9. The van der Waals surface area contributed by atoms with E-state index in [0.717, 1.165) is 43.7 Å². The molecule has 1 heterocycles. The van der Waals surface area contributed by atoms with Crippen LogP contribution in [0.2, 0.25) is 0 Å². The van der Waals surface area contributed by atoms with Crippen LogP contribution in [0.4, 0.5) is 0 Å². The third kappa shape index (κ3) is 4.74. The van der Waals surface area contributed by atoms with Gasteiger partial charge in [0.05, 0.1) is 6.42 Å². The minimum atomic E-state index is -0.706. The van der Waals surface area contributed by atoms with Crippen LogP contribution in [0.3, 0.4) is 0 Å². The number of hydrogen-bond acceptors (Lipinski definition) is 3.